The van der Waals surface area contributed by atoms with E-state index in [-0.39, 0.29) is 23.7 Å². The van der Waals surface area contributed by atoms with Crippen molar-refractivity contribution in [2.45, 2.75) is 75.3 Å². The summed E-state index contributed by atoms with van der Waals surface area (Å²) in [7, 11) is 0. The number of thiol groups is 1. The average molecular weight is 534 g/mol. The van der Waals surface area contributed by atoms with Gasteiger partial charge in [-0.1, -0.05) is 15.9 Å². The molecule has 5 nitrogen and oxygen atoms in total. The first kappa shape index (κ1) is 25.3. The van der Waals surface area contributed by atoms with Gasteiger partial charge in [0.1, 0.15) is 5.50 Å². The van der Waals surface area contributed by atoms with Crippen LogP contribution < -0.4 is 4.90 Å². The molecule has 1 aromatic carbocycles. The van der Waals surface area contributed by atoms with Gasteiger partial charge in [-0.25, -0.2) is 0 Å². The molecule has 1 aromatic rings. The molecule has 0 aromatic heterocycles. The number of amides is 1. The quantitative estimate of drug-likeness (QED) is 0.305. The molecule has 1 aliphatic heterocycles. The maximum atomic E-state index is 13.5. The molecule has 1 saturated heterocycles. The maximum absolute atomic E-state index is 13.5. The van der Waals surface area contributed by atoms with Gasteiger partial charge < -0.3 is 4.74 Å². The van der Waals surface area contributed by atoms with Crippen molar-refractivity contribution in [2.24, 2.45) is 0 Å². The number of hydrogen-bond donors (Lipinski definition) is 1. The highest BCUT2D eigenvalue weighted by atomic mass is 79.9. The Bertz CT molecular complexity index is 882. The molecule has 1 saturated carbocycles. The molecule has 0 radical (unpaired) electrons. The zero-order valence-corrected chi connectivity index (χ0v) is 20.5. The normalized spacial score (nSPS) is 26.4. The first-order chi connectivity index (χ1) is 15.0. The van der Waals surface area contributed by atoms with E-state index in [0.717, 1.165) is 49.6 Å². The van der Waals surface area contributed by atoms with Crippen LogP contribution in [0.25, 0.3) is 0 Å². The minimum Gasteiger partial charge on any atom is -0.378 e. The van der Waals surface area contributed by atoms with Crippen LogP contribution in [0.2, 0.25) is 0 Å². The number of rotatable bonds is 6. The van der Waals surface area contributed by atoms with Gasteiger partial charge in [-0.3, -0.25) is 14.6 Å². The van der Waals surface area contributed by atoms with Crippen LogP contribution in [0.1, 0.15) is 57.1 Å². The summed E-state index contributed by atoms with van der Waals surface area (Å²) in [6.45, 7) is 4.27. The van der Waals surface area contributed by atoms with Crippen molar-refractivity contribution in [1.82, 2.24) is 4.90 Å². The van der Waals surface area contributed by atoms with Gasteiger partial charge in [0.2, 0.25) is 5.91 Å². The Labute approximate surface area is 200 Å². The molecule has 1 amide bonds. The van der Waals surface area contributed by atoms with Gasteiger partial charge in [0.15, 0.2) is 0 Å². The highest BCUT2D eigenvalue weighted by Gasteiger charge is 2.54. The second-order valence-electron chi connectivity index (χ2n) is 8.67. The predicted molar refractivity (Wildman–Crippen MR) is 123 cm³/mol. The van der Waals surface area contributed by atoms with Crippen molar-refractivity contribution >= 4 is 40.2 Å². The van der Waals surface area contributed by atoms with Crippen LogP contribution in [0.3, 0.4) is 0 Å². The number of anilines is 1. The molecule has 0 spiro atoms. The van der Waals surface area contributed by atoms with Gasteiger partial charge in [-0.05, 0) is 64.2 Å². The number of nitriles is 1. The molecule has 1 heterocycles. The molecule has 176 valence electrons. The molecule has 10 heteroatoms. The molecular weight excluding hydrogens is 507 g/mol. The van der Waals surface area contributed by atoms with Crippen LogP contribution in [0, 0.1) is 11.3 Å². The summed E-state index contributed by atoms with van der Waals surface area (Å²) >= 11 is 8.06. The van der Waals surface area contributed by atoms with Crippen molar-refractivity contribution in [2.75, 3.05) is 16.8 Å². The summed E-state index contributed by atoms with van der Waals surface area (Å²) in [5.41, 5.74) is -3.07. The van der Waals surface area contributed by atoms with Crippen LogP contribution in [0.5, 0.6) is 0 Å². The third kappa shape index (κ3) is 4.96. The number of carbonyl (C=O) groups is 1. The number of hydrogen-bond acceptors (Lipinski definition) is 5. The highest BCUT2D eigenvalue weighted by molar-refractivity contribution is 9.09. The molecule has 0 N–H and O–H groups in total. The summed E-state index contributed by atoms with van der Waals surface area (Å²) in [5.74, 6) is -0.314. The van der Waals surface area contributed by atoms with Gasteiger partial charge in [0.25, 0.3) is 0 Å². The Hall–Kier alpha value is -1.28. The lowest BCUT2D eigenvalue weighted by Gasteiger charge is -2.41. The molecule has 1 unspecified atom stereocenters. The minimum absolute atomic E-state index is 0.0675. The van der Waals surface area contributed by atoms with E-state index >= 15 is 0 Å². The fourth-order valence-electron chi connectivity index (χ4n) is 4.63. The van der Waals surface area contributed by atoms with Crippen molar-refractivity contribution in [3.05, 3.63) is 29.3 Å². The first-order valence-electron chi connectivity index (χ1n) is 10.6. The number of halogens is 4. The Kier molecular flexibility index (Phi) is 7.85. The van der Waals surface area contributed by atoms with Crippen molar-refractivity contribution in [3.8, 4) is 6.07 Å². The lowest BCUT2D eigenvalue weighted by atomic mass is 9.89. The highest BCUT2D eigenvalue weighted by Crippen LogP contribution is 2.43. The summed E-state index contributed by atoms with van der Waals surface area (Å²) in [5, 5.41) is 9.96. The fraction of sp³-hybridized carbons (Fsp3) is 0.636. The molecule has 1 atom stereocenters. The summed E-state index contributed by atoms with van der Waals surface area (Å²) in [6, 6.07) is 5.00. The first-order valence-corrected chi connectivity index (χ1v) is 12.2. The zero-order valence-electron chi connectivity index (χ0n) is 18.0. The molecule has 32 heavy (non-hydrogen) atoms. The summed E-state index contributed by atoms with van der Waals surface area (Å²) < 4.78 is 46.3. The molecule has 3 rings (SSSR count). The van der Waals surface area contributed by atoms with Gasteiger partial charge in [-0.15, -0.1) is 12.6 Å². The van der Waals surface area contributed by atoms with E-state index < -0.39 is 28.3 Å². The van der Waals surface area contributed by atoms with Gasteiger partial charge in [0, 0.05) is 23.7 Å². The van der Waals surface area contributed by atoms with Gasteiger partial charge >= 0.3 is 6.18 Å². The number of ether oxygens (including phenoxy) is 1. The van der Waals surface area contributed by atoms with Crippen LogP contribution in [0.4, 0.5) is 18.9 Å². The van der Waals surface area contributed by atoms with Gasteiger partial charge in [0.05, 0.1) is 28.8 Å². The Morgan fingerprint density at radius 1 is 1.28 bits per heavy atom. The largest absolute Gasteiger partial charge is 0.417 e. The molecular formula is C22H27BrF3N3O2S. The van der Waals surface area contributed by atoms with E-state index in [9.17, 15) is 18.0 Å². The number of nitrogens with zero attached hydrogens (tertiary/aromatic N) is 3. The van der Waals surface area contributed by atoms with E-state index in [1.54, 1.807) is 19.9 Å². The standard InChI is InChI=1S/C22H27BrF3N3O2S/c1-21(2)19(30)28(16-5-4-14(13-27)18(12-16)22(24,25)26)20(32)29(21)15-6-8-17(9-7-15)31-11-3-10-23/h4-5,12,15,17,20,32H,3,6-11H2,1-2H3. The Morgan fingerprint density at radius 3 is 2.50 bits per heavy atom. The fourth-order valence-corrected chi connectivity index (χ4v) is 5.57. The number of alkyl halides is 4. The van der Waals surface area contributed by atoms with Crippen LogP contribution in [-0.2, 0) is 15.7 Å². The predicted octanol–water partition coefficient (Wildman–Crippen LogP) is 5.33. The Balaban J connectivity index is 1.82. The molecule has 2 aliphatic rings. The van der Waals surface area contributed by atoms with Crippen molar-refractivity contribution in [1.29, 1.82) is 5.26 Å². The third-order valence-corrected chi connectivity index (χ3v) is 7.28. The lowest BCUT2D eigenvalue weighted by molar-refractivity contribution is -0.137. The van der Waals surface area contributed by atoms with E-state index in [1.807, 2.05) is 4.90 Å². The monoisotopic (exact) mass is 533 g/mol. The third-order valence-electron chi connectivity index (χ3n) is 6.24. The second kappa shape index (κ2) is 9.92. The topological polar surface area (TPSA) is 56.6 Å². The maximum Gasteiger partial charge on any atom is 0.417 e. The van der Waals surface area contributed by atoms with Crippen molar-refractivity contribution < 1.29 is 22.7 Å². The van der Waals surface area contributed by atoms with Crippen LogP contribution in [-0.4, -0.2) is 45.9 Å². The molecule has 1 aliphatic carbocycles. The smallest absolute Gasteiger partial charge is 0.378 e. The van der Waals surface area contributed by atoms with Crippen LogP contribution >= 0.6 is 28.6 Å². The zero-order chi connectivity index (χ0) is 23.7. The van der Waals surface area contributed by atoms with Crippen LogP contribution in [0.15, 0.2) is 18.2 Å². The second-order valence-corrected chi connectivity index (χ2v) is 9.93. The molecule has 2 fully saturated rings. The lowest BCUT2D eigenvalue weighted by Crippen LogP contribution is -2.52. The van der Waals surface area contributed by atoms with E-state index in [2.05, 4.69) is 28.6 Å². The number of benzene rings is 1. The minimum atomic E-state index is -4.70. The van der Waals surface area contributed by atoms with E-state index in [1.165, 1.54) is 11.0 Å². The summed E-state index contributed by atoms with van der Waals surface area (Å²) in [6.07, 6.45) is -0.186. The van der Waals surface area contributed by atoms with E-state index in [4.69, 9.17) is 10.00 Å². The summed E-state index contributed by atoms with van der Waals surface area (Å²) in [4.78, 5) is 16.6. The Morgan fingerprint density at radius 2 is 1.94 bits per heavy atom. The average Bonchev–Trinajstić information content (AvgIpc) is 2.92. The van der Waals surface area contributed by atoms with Gasteiger partial charge in [-0.2, -0.15) is 18.4 Å². The van der Waals surface area contributed by atoms with Crippen molar-refractivity contribution in [3.63, 3.8) is 0 Å². The molecule has 0 bridgehead atoms. The SMILES string of the molecule is CC1(C)C(=O)N(c2ccc(C#N)c(C(F)(F)F)c2)C(S)N1C1CCC(OCCCBr)CC1. The number of carbonyl (C=O) groups excluding carboxylic acids is 1. The van der Waals surface area contributed by atoms with E-state index in [0.29, 0.717) is 6.61 Å².